The van der Waals surface area contributed by atoms with E-state index in [4.69, 9.17) is 9.15 Å². The highest BCUT2D eigenvalue weighted by Gasteiger charge is 2.29. The summed E-state index contributed by atoms with van der Waals surface area (Å²) in [5.74, 6) is 1.60. The van der Waals surface area contributed by atoms with E-state index in [9.17, 15) is 4.79 Å². The fraction of sp³-hybridized carbons (Fsp3) is 0.200. The van der Waals surface area contributed by atoms with Gasteiger partial charge >= 0.3 is 0 Å². The van der Waals surface area contributed by atoms with E-state index in [1.807, 2.05) is 54.6 Å². The van der Waals surface area contributed by atoms with Crippen LogP contribution in [0.2, 0.25) is 0 Å². The lowest BCUT2D eigenvalue weighted by molar-refractivity contribution is -0.117. The Kier molecular flexibility index (Phi) is 4.21. The van der Waals surface area contributed by atoms with Crippen molar-refractivity contribution in [1.82, 2.24) is 4.98 Å². The number of amides is 1. The largest absolute Gasteiger partial charge is 0.487 e. The summed E-state index contributed by atoms with van der Waals surface area (Å²) < 4.78 is 11.2. The van der Waals surface area contributed by atoms with Gasteiger partial charge in [0.15, 0.2) is 0 Å². The molecular weight excluding hydrogens is 316 g/mol. The Bertz CT molecular complexity index is 852. The number of oxazole rings is 1. The van der Waals surface area contributed by atoms with Crippen LogP contribution in [0.4, 0.5) is 5.69 Å². The van der Waals surface area contributed by atoms with Gasteiger partial charge in [0.2, 0.25) is 11.8 Å². The van der Waals surface area contributed by atoms with Crippen LogP contribution in [0.5, 0.6) is 5.75 Å². The SMILES string of the molecule is O=C(Nc1ccc(OCc2coc(-c3ccccc3)n2)cc1)C1CC1. The number of rotatable bonds is 6. The molecule has 25 heavy (non-hydrogen) atoms. The maximum Gasteiger partial charge on any atom is 0.227 e. The molecule has 1 heterocycles. The molecule has 4 rings (SSSR count). The second-order valence-corrected chi connectivity index (χ2v) is 6.09. The highest BCUT2D eigenvalue weighted by atomic mass is 16.5. The number of hydrogen-bond donors (Lipinski definition) is 1. The third kappa shape index (κ3) is 3.88. The Hall–Kier alpha value is -3.08. The summed E-state index contributed by atoms with van der Waals surface area (Å²) in [5, 5.41) is 2.90. The van der Waals surface area contributed by atoms with E-state index in [0.717, 1.165) is 29.8 Å². The Labute approximate surface area is 145 Å². The maximum atomic E-state index is 11.7. The van der Waals surface area contributed by atoms with Crippen LogP contribution in [0.3, 0.4) is 0 Å². The third-order valence-electron chi connectivity index (χ3n) is 4.03. The molecule has 0 saturated heterocycles. The van der Waals surface area contributed by atoms with E-state index in [0.29, 0.717) is 18.2 Å². The predicted octanol–water partition coefficient (Wildman–Crippen LogP) is 4.27. The Morgan fingerprint density at radius 1 is 1.12 bits per heavy atom. The first-order valence-electron chi connectivity index (χ1n) is 8.31. The number of carbonyl (C=O) groups excluding carboxylic acids is 1. The standard InChI is InChI=1S/C20H18N2O3/c23-19(14-6-7-14)21-16-8-10-18(11-9-16)24-12-17-13-25-20(22-17)15-4-2-1-3-5-15/h1-5,8-11,13-14H,6-7,12H2,(H,21,23). The monoisotopic (exact) mass is 334 g/mol. The van der Waals surface area contributed by atoms with Crippen LogP contribution in [-0.4, -0.2) is 10.9 Å². The van der Waals surface area contributed by atoms with Crippen molar-refractivity contribution in [1.29, 1.82) is 0 Å². The van der Waals surface area contributed by atoms with Crippen LogP contribution in [0, 0.1) is 5.92 Å². The van der Waals surface area contributed by atoms with Crippen molar-refractivity contribution >= 4 is 11.6 Å². The molecule has 1 fully saturated rings. The molecule has 5 heteroatoms. The van der Waals surface area contributed by atoms with Crippen LogP contribution in [0.15, 0.2) is 65.3 Å². The number of benzene rings is 2. The number of carbonyl (C=O) groups is 1. The van der Waals surface area contributed by atoms with Gasteiger partial charge in [-0.15, -0.1) is 0 Å². The molecule has 1 aromatic heterocycles. The number of ether oxygens (including phenoxy) is 1. The zero-order valence-corrected chi connectivity index (χ0v) is 13.6. The molecule has 3 aromatic rings. The summed E-state index contributed by atoms with van der Waals surface area (Å²) in [6.45, 7) is 0.324. The molecule has 0 atom stereocenters. The van der Waals surface area contributed by atoms with E-state index in [-0.39, 0.29) is 11.8 Å². The van der Waals surface area contributed by atoms with Gasteiger partial charge in [-0.25, -0.2) is 4.98 Å². The third-order valence-corrected chi connectivity index (χ3v) is 4.03. The van der Waals surface area contributed by atoms with Gasteiger partial charge in [0.1, 0.15) is 24.3 Å². The quantitative estimate of drug-likeness (QED) is 0.731. The molecule has 126 valence electrons. The highest BCUT2D eigenvalue weighted by molar-refractivity contribution is 5.94. The molecular formula is C20H18N2O3. The average molecular weight is 334 g/mol. The summed E-state index contributed by atoms with van der Waals surface area (Å²) in [5.41, 5.74) is 2.45. The van der Waals surface area contributed by atoms with Crippen molar-refractivity contribution in [3.63, 3.8) is 0 Å². The Morgan fingerprint density at radius 2 is 1.88 bits per heavy atom. The topological polar surface area (TPSA) is 64.4 Å². The van der Waals surface area contributed by atoms with E-state index < -0.39 is 0 Å². The molecule has 0 spiro atoms. The van der Waals surface area contributed by atoms with Crippen molar-refractivity contribution in [2.24, 2.45) is 5.92 Å². The van der Waals surface area contributed by atoms with Gasteiger partial charge in [-0.2, -0.15) is 0 Å². The van der Waals surface area contributed by atoms with Crippen LogP contribution in [0.1, 0.15) is 18.5 Å². The van der Waals surface area contributed by atoms with E-state index in [1.165, 1.54) is 0 Å². The van der Waals surface area contributed by atoms with Crippen molar-refractivity contribution in [3.05, 3.63) is 66.6 Å². The summed E-state index contributed by atoms with van der Waals surface area (Å²) >= 11 is 0. The number of nitrogens with zero attached hydrogens (tertiary/aromatic N) is 1. The molecule has 1 aliphatic rings. The average Bonchev–Trinajstić information content (AvgIpc) is 3.40. The lowest BCUT2D eigenvalue weighted by Crippen LogP contribution is -2.13. The number of aromatic nitrogens is 1. The zero-order chi connectivity index (χ0) is 17.1. The molecule has 1 amide bonds. The number of nitrogens with one attached hydrogen (secondary N) is 1. The van der Waals surface area contributed by atoms with Gasteiger partial charge < -0.3 is 14.5 Å². The summed E-state index contributed by atoms with van der Waals surface area (Å²) in [6.07, 6.45) is 3.60. The van der Waals surface area contributed by atoms with Gasteiger partial charge in [-0.05, 0) is 49.2 Å². The van der Waals surface area contributed by atoms with E-state index in [1.54, 1.807) is 6.26 Å². The molecule has 1 aliphatic carbocycles. The smallest absolute Gasteiger partial charge is 0.227 e. The molecule has 0 unspecified atom stereocenters. The number of anilines is 1. The van der Waals surface area contributed by atoms with Crippen molar-refractivity contribution in [3.8, 4) is 17.2 Å². The zero-order valence-electron chi connectivity index (χ0n) is 13.6. The molecule has 0 aliphatic heterocycles. The maximum absolute atomic E-state index is 11.7. The van der Waals surface area contributed by atoms with Crippen LogP contribution >= 0.6 is 0 Å². The Morgan fingerprint density at radius 3 is 2.60 bits per heavy atom. The van der Waals surface area contributed by atoms with E-state index >= 15 is 0 Å². The molecule has 1 saturated carbocycles. The first-order chi connectivity index (χ1) is 12.3. The predicted molar refractivity (Wildman–Crippen MR) is 94.1 cm³/mol. The van der Waals surface area contributed by atoms with Gasteiger partial charge in [-0.3, -0.25) is 4.79 Å². The van der Waals surface area contributed by atoms with Crippen LogP contribution < -0.4 is 10.1 Å². The fourth-order valence-corrected chi connectivity index (χ4v) is 2.47. The van der Waals surface area contributed by atoms with Gasteiger partial charge in [0, 0.05) is 17.2 Å². The first-order valence-corrected chi connectivity index (χ1v) is 8.31. The van der Waals surface area contributed by atoms with Gasteiger partial charge in [-0.1, -0.05) is 18.2 Å². The van der Waals surface area contributed by atoms with E-state index in [2.05, 4.69) is 10.3 Å². The minimum absolute atomic E-state index is 0.102. The lowest BCUT2D eigenvalue weighted by atomic mass is 10.2. The second kappa shape index (κ2) is 6.81. The molecule has 1 N–H and O–H groups in total. The normalized spacial score (nSPS) is 13.4. The summed E-state index contributed by atoms with van der Waals surface area (Å²) in [6, 6.07) is 17.1. The highest BCUT2D eigenvalue weighted by Crippen LogP contribution is 2.30. The molecule has 0 bridgehead atoms. The van der Waals surface area contributed by atoms with Crippen molar-refractivity contribution in [2.75, 3.05) is 5.32 Å². The molecule has 2 aromatic carbocycles. The first kappa shape index (κ1) is 15.4. The summed E-state index contributed by atoms with van der Waals surface area (Å²) in [4.78, 5) is 16.2. The second-order valence-electron chi connectivity index (χ2n) is 6.09. The summed E-state index contributed by atoms with van der Waals surface area (Å²) in [7, 11) is 0. The number of hydrogen-bond acceptors (Lipinski definition) is 4. The van der Waals surface area contributed by atoms with Crippen LogP contribution in [-0.2, 0) is 11.4 Å². The molecule has 0 radical (unpaired) electrons. The van der Waals surface area contributed by atoms with Crippen molar-refractivity contribution < 1.29 is 13.9 Å². The Balaban J connectivity index is 1.33. The fourth-order valence-electron chi connectivity index (χ4n) is 2.47. The van der Waals surface area contributed by atoms with Gasteiger partial charge in [0.25, 0.3) is 0 Å². The molecule has 5 nitrogen and oxygen atoms in total. The lowest BCUT2D eigenvalue weighted by Gasteiger charge is -2.07. The minimum Gasteiger partial charge on any atom is -0.487 e. The van der Waals surface area contributed by atoms with Crippen molar-refractivity contribution in [2.45, 2.75) is 19.4 Å². The van der Waals surface area contributed by atoms with Crippen LogP contribution in [0.25, 0.3) is 11.5 Å². The minimum atomic E-state index is 0.102. The van der Waals surface area contributed by atoms with Gasteiger partial charge in [0.05, 0.1) is 0 Å².